The van der Waals surface area contributed by atoms with Gasteiger partial charge in [0.1, 0.15) is 0 Å². The zero-order valence-electron chi connectivity index (χ0n) is 15.8. The van der Waals surface area contributed by atoms with Gasteiger partial charge in [-0.25, -0.2) is 4.99 Å². The number of benzene rings is 1. The van der Waals surface area contributed by atoms with Crippen LogP contribution in [0.15, 0.2) is 29.3 Å². The van der Waals surface area contributed by atoms with Crippen LogP contribution >= 0.6 is 0 Å². The second-order valence-corrected chi connectivity index (χ2v) is 6.67. The second-order valence-electron chi connectivity index (χ2n) is 6.67. The van der Waals surface area contributed by atoms with Gasteiger partial charge in [-0.3, -0.25) is 4.79 Å². The molecule has 0 heterocycles. The molecule has 0 atom stereocenters. The minimum Gasteiger partial charge on any atom is -0.376 e. The zero-order chi connectivity index (χ0) is 18.6. The molecule has 0 saturated heterocycles. The molecule has 1 aliphatic rings. The molecule has 1 aromatic carbocycles. The number of guanidine groups is 1. The highest BCUT2D eigenvalue weighted by molar-refractivity contribution is 5.92. The highest BCUT2D eigenvalue weighted by Gasteiger charge is 2.12. The van der Waals surface area contributed by atoms with Gasteiger partial charge in [0.25, 0.3) is 0 Å². The van der Waals surface area contributed by atoms with Gasteiger partial charge in [-0.2, -0.15) is 0 Å². The second kappa shape index (κ2) is 11.5. The van der Waals surface area contributed by atoms with Crippen molar-refractivity contribution in [3.8, 4) is 0 Å². The molecule has 0 spiro atoms. The van der Waals surface area contributed by atoms with E-state index in [1.54, 1.807) is 12.1 Å². The van der Waals surface area contributed by atoms with Crippen LogP contribution in [-0.2, 0) is 11.3 Å². The van der Waals surface area contributed by atoms with E-state index in [4.69, 9.17) is 10.5 Å². The number of primary amides is 1. The Bertz CT molecular complexity index is 581. The van der Waals surface area contributed by atoms with E-state index in [9.17, 15) is 4.79 Å². The topological polar surface area (TPSA) is 88.7 Å². The molecule has 1 fully saturated rings. The number of amides is 1. The lowest BCUT2D eigenvalue weighted by molar-refractivity contribution is 0.0468. The lowest BCUT2D eigenvalue weighted by Gasteiger charge is -2.16. The number of nitrogens with one attached hydrogen (secondary N) is 2. The predicted molar refractivity (Wildman–Crippen MR) is 105 cm³/mol. The van der Waals surface area contributed by atoms with E-state index in [2.05, 4.69) is 15.6 Å². The maximum absolute atomic E-state index is 11.3. The van der Waals surface area contributed by atoms with Gasteiger partial charge in [0.15, 0.2) is 5.96 Å². The van der Waals surface area contributed by atoms with Crippen LogP contribution in [0, 0.1) is 0 Å². The van der Waals surface area contributed by atoms with Crippen molar-refractivity contribution in [2.24, 2.45) is 10.7 Å². The summed E-state index contributed by atoms with van der Waals surface area (Å²) in [7, 11) is 0. The number of hydrogen-bond acceptors (Lipinski definition) is 3. The molecule has 6 nitrogen and oxygen atoms in total. The fourth-order valence-electron chi connectivity index (χ4n) is 3.14. The third kappa shape index (κ3) is 7.44. The van der Waals surface area contributed by atoms with Gasteiger partial charge in [-0.05, 0) is 37.5 Å². The van der Waals surface area contributed by atoms with Crippen LogP contribution in [0.2, 0.25) is 0 Å². The van der Waals surface area contributed by atoms with Gasteiger partial charge in [-0.1, -0.05) is 37.8 Å². The third-order valence-corrected chi connectivity index (χ3v) is 4.53. The van der Waals surface area contributed by atoms with Crippen LogP contribution < -0.4 is 16.4 Å². The molecule has 0 aromatic heterocycles. The average Bonchev–Trinajstić information content (AvgIpc) is 2.92. The molecule has 0 bridgehead atoms. The minimum absolute atomic E-state index is 0.412. The van der Waals surface area contributed by atoms with Crippen LogP contribution in [0.3, 0.4) is 0 Å². The van der Waals surface area contributed by atoms with Crippen molar-refractivity contribution < 1.29 is 9.53 Å². The number of aliphatic imine (C=N–C) groups is 1. The molecule has 0 unspecified atom stereocenters. The summed E-state index contributed by atoms with van der Waals surface area (Å²) in [6, 6.07) is 7.26. The van der Waals surface area contributed by atoms with E-state index < -0.39 is 5.91 Å². The first-order valence-electron chi connectivity index (χ1n) is 9.71. The van der Waals surface area contributed by atoms with Crippen molar-refractivity contribution in [3.63, 3.8) is 0 Å². The fraction of sp³-hybridized carbons (Fsp3) is 0.600. The van der Waals surface area contributed by atoms with Crippen LogP contribution in [0.4, 0.5) is 0 Å². The smallest absolute Gasteiger partial charge is 0.248 e. The van der Waals surface area contributed by atoms with E-state index in [-0.39, 0.29) is 0 Å². The van der Waals surface area contributed by atoms with E-state index in [1.807, 2.05) is 19.1 Å². The highest BCUT2D eigenvalue weighted by Crippen LogP contribution is 2.19. The van der Waals surface area contributed by atoms with Gasteiger partial charge in [-0.15, -0.1) is 0 Å². The average molecular weight is 361 g/mol. The van der Waals surface area contributed by atoms with Crippen LogP contribution in [0.5, 0.6) is 0 Å². The Kier molecular flexibility index (Phi) is 8.96. The third-order valence-electron chi connectivity index (χ3n) is 4.53. The van der Waals surface area contributed by atoms with Crippen molar-refractivity contribution >= 4 is 11.9 Å². The molecule has 1 aliphatic carbocycles. The number of nitrogens with two attached hydrogens (primary N) is 1. The molecular weight excluding hydrogens is 328 g/mol. The van der Waals surface area contributed by atoms with Crippen LogP contribution in [-0.4, -0.2) is 37.7 Å². The first-order chi connectivity index (χ1) is 12.7. The van der Waals surface area contributed by atoms with Crippen molar-refractivity contribution in [3.05, 3.63) is 35.4 Å². The summed E-state index contributed by atoms with van der Waals surface area (Å²) in [5, 5.41) is 6.54. The predicted octanol–water partition coefficient (Wildman–Crippen LogP) is 2.58. The van der Waals surface area contributed by atoms with E-state index in [0.29, 0.717) is 24.8 Å². The molecule has 6 heteroatoms. The number of rotatable bonds is 8. The molecule has 26 heavy (non-hydrogen) atoms. The molecule has 2 rings (SSSR count). The molecule has 0 radical (unpaired) electrons. The summed E-state index contributed by atoms with van der Waals surface area (Å²) in [5.74, 6) is 0.331. The Morgan fingerprint density at radius 2 is 2.00 bits per heavy atom. The molecule has 0 aliphatic heterocycles. The monoisotopic (exact) mass is 360 g/mol. The fourth-order valence-corrected chi connectivity index (χ4v) is 3.14. The maximum Gasteiger partial charge on any atom is 0.248 e. The van der Waals surface area contributed by atoms with Crippen molar-refractivity contribution in [1.29, 1.82) is 0 Å². The Labute approximate surface area is 156 Å². The zero-order valence-corrected chi connectivity index (χ0v) is 15.8. The summed E-state index contributed by atoms with van der Waals surface area (Å²) in [6.07, 6.45) is 8.03. The largest absolute Gasteiger partial charge is 0.376 e. The summed E-state index contributed by atoms with van der Waals surface area (Å²) < 4.78 is 6.00. The van der Waals surface area contributed by atoms with Gasteiger partial charge >= 0.3 is 0 Å². The number of ether oxygens (including phenoxy) is 1. The molecule has 1 amide bonds. The standard InChI is InChI=1S/C20H32N4O2/c1-2-22-20(23-12-13-26-18-10-5-3-4-6-11-18)24-15-16-8-7-9-17(14-16)19(21)25/h7-9,14,18H,2-6,10-13,15H2,1H3,(H2,21,25)(H2,22,23,24). The number of carbonyl (C=O) groups is 1. The van der Waals surface area contributed by atoms with Gasteiger partial charge in [0, 0.05) is 18.7 Å². The molecule has 1 aromatic rings. The number of nitrogens with zero attached hydrogens (tertiary/aromatic N) is 1. The molecule has 1 saturated carbocycles. The Balaban J connectivity index is 1.78. The number of hydrogen-bond donors (Lipinski definition) is 3. The first-order valence-corrected chi connectivity index (χ1v) is 9.71. The highest BCUT2D eigenvalue weighted by atomic mass is 16.5. The van der Waals surface area contributed by atoms with E-state index >= 15 is 0 Å². The Hall–Kier alpha value is -2.08. The summed E-state index contributed by atoms with van der Waals surface area (Å²) in [5.41, 5.74) is 6.78. The SMILES string of the molecule is CCNC(=NCc1cccc(C(N)=O)c1)NCCOC1CCCCCC1. The lowest BCUT2D eigenvalue weighted by atomic mass is 10.1. The lowest BCUT2D eigenvalue weighted by Crippen LogP contribution is -2.39. The first kappa shape index (κ1) is 20.2. The summed E-state index contributed by atoms with van der Waals surface area (Å²) in [6.45, 7) is 4.72. The Morgan fingerprint density at radius 3 is 2.69 bits per heavy atom. The molecule has 4 N–H and O–H groups in total. The number of carbonyl (C=O) groups excluding carboxylic acids is 1. The summed E-state index contributed by atoms with van der Waals surface area (Å²) >= 11 is 0. The van der Waals surface area contributed by atoms with Crippen molar-refractivity contribution in [2.45, 2.75) is 58.1 Å². The van der Waals surface area contributed by atoms with E-state index in [1.165, 1.54) is 38.5 Å². The normalized spacial score (nSPS) is 16.1. The minimum atomic E-state index is -0.420. The van der Waals surface area contributed by atoms with Crippen LogP contribution in [0.25, 0.3) is 0 Å². The molecule has 144 valence electrons. The van der Waals surface area contributed by atoms with Gasteiger partial charge in [0.05, 0.1) is 19.3 Å². The van der Waals surface area contributed by atoms with E-state index in [0.717, 1.165) is 24.6 Å². The van der Waals surface area contributed by atoms with Gasteiger partial charge in [0.2, 0.25) is 5.91 Å². The Morgan fingerprint density at radius 1 is 1.23 bits per heavy atom. The van der Waals surface area contributed by atoms with Crippen molar-refractivity contribution in [2.75, 3.05) is 19.7 Å². The summed E-state index contributed by atoms with van der Waals surface area (Å²) in [4.78, 5) is 15.8. The van der Waals surface area contributed by atoms with Crippen molar-refractivity contribution in [1.82, 2.24) is 10.6 Å². The molecular formula is C20H32N4O2. The quantitative estimate of drug-likeness (QED) is 0.288. The van der Waals surface area contributed by atoms with Gasteiger partial charge < -0.3 is 21.1 Å². The van der Waals surface area contributed by atoms with Crippen LogP contribution in [0.1, 0.15) is 61.4 Å². The maximum atomic E-state index is 11.3.